The monoisotopic (exact) mass is 718 g/mol. The van der Waals surface area contributed by atoms with E-state index < -0.39 is 23.4 Å². The van der Waals surface area contributed by atoms with E-state index in [9.17, 15) is 30.0 Å². The van der Waals surface area contributed by atoms with E-state index in [1.165, 1.54) is 27.6 Å². The van der Waals surface area contributed by atoms with Crippen LogP contribution < -0.4 is 5.32 Å². The van der Waals surface area contributed by atoms with Crippen molar-refractivity contribution in [1.82, 2.24) is 9.80 Å². The zero-order chi connectivity index (χ0) is 35.8. The molecule has 0 atom stereocenters. The molecule has 0 amide bonds. The van der Waals surface area contributed by atoms with Gasteiger partial charge in [-0.25, -0.2) is 14.6 Å². The maximum absolute atomic E-state index is 11.6. The van der Waals surface area contributed by atoms with Gasteiger partial charge >= 0.3 is 11.9 Å². The molecule has 1 fully saturated rings. The molecule has 0 unspecified atom stereocenters. The van der Waals surface area contributed by atoms with E-state index >= 15 is 0 Å². The number of thiophene rings is 1. The summed E-state index contributed by atoms with van der Waals surface area (Å²) in [7, 11) is 2.18. The van der Waals surface area contributed by atoms with Gasteiger partial charge in [-0.2, -0.15) is 0 Å². The summed E-state index contributed by atoms with van der Waals surface area (Å²) in [4.78, 5) is 34.3. The average Bonchev–Trinajstić information content (AvgIpc) is 3.41. The van der Waals surface area contributed by atoms with Crippen molar-refractivity contribution in [3.63, 3.8) is 0 Å². The Balaban J connectivity index is 0.000000181. The number of carboxylic acids is 2. The SMILES string of the molecule is Cc1cc2c(s1)Nc1ccccc1N=C2N1CCN(C)CC1.O.O=C(O)c1cc2ccccc2c(Cc2c(O)c(C(=O)O)cc3ccccc23)c1O. The van der Waals surface area contributed by atoms with Crippen LogP contribution >= 0.6 is 11.3 Å². The van der Waals surface area contributed by atoms with Crippen LogP contribution in [0.4, 0.5) is 16.4 Å². The number of aryl methyl sites for hydroxylation is 1. The van der Waals surface area contributed by atoms with Crippen LogP contribution in [0.5, 0.6) is 11.5 Å². The summed E-state index contributed by atoms with van der Waals surface area (Å²) in [5, 5.41) is 47.6. The van der Waals surface area contributed by atoms with Crippen LogP contribution in [0.2, 0.25) is 0 Å². The van der Waals surface area contributed by atoms with Gasteiger partial charge < -0.3 is 41.0 Å². The van der Waals surface area contributed by atoms with E-state index in [0.717, 1.165) is 43.4 Å². The van der Waals surface area contributed by atoms with Crippen molar-refractivity contribution in [2.24, 2.45) is 4.99 Å². The highest BCUT2D eigenvalue weighted by Gasteiger charge is 2.26. The third kappa shape index (κ3) is 6.87. The molecular formula is C40H38N4O7S. The number of anilines is 2. The van der Waals surface area contributed by atoms with Gasteiger partial charge in [0.1, 0.15) is 33.5 Å². The van der Waals surface area contributed by atoms with Gasteiger partial charge in [-0.05, 0) is 65.8 Å². The van der Waals surface area contributed by atoms with Crippen LogP contribution in [-0.4, -0.2) is 86.7 Å². The zero-order valence-corrected chi connectivity index (χ0v) is 29.4. The molecular weight excluding hydrogens is 681 g/mol. The van der Waals surface area contributed by atoms with Gasteiger partial charge in [-0.3, -0.25) is 0 Å². The third-order valence-electron chi connectivity index (χ3n) is 9.35. The normalized spacial score (nSPS) is 13.8. The van der Waals surface area contributed by atoms with E-state index in [0.29, 0.717) is 32.7 Å². The van der Waals surface area contributed by atoms with Gasteiger partial charge in [0.2, 0.25) is 0 Å². The topological polar surface area (TPSA) is 177 Å². The number of nitrogens with zero attached hydrogens (tertiary/aromatic N) is 3. The first-order chi connectivity index (χ1) is 24.6. The fourth-order valence-electron chi connectivity index (χ4n) is 6.69. The maximum Gasteiger partial charge on any atom is 0.339 e. The van der Waals surface area contributed by atoms with Crippen molar-refractivity contribution in [2.45, 2.75) is 13.3 Å². The van der Waals surface area contributed by atoms with Crippen molar-refractivity contribution < 1.29 is 35.5 Å². The van der Waals surface area contributed by atoms with E-state index in [1.807, 2.05) is 0 Å². The molecule has 0 saturated carbocycles. The number of carboxylic acid groups (broad SMARTS) is 2. The zero-order valence-electron chi connectivity index (χ0n) is 28.6. The first-order valence-electron chi connectivity index (χ1n) is 16.5. The van der Waals surface area contributed by atoms with Crippen LogP contribution in [0, 0.1) is 6.92 Å². The summed E-state index contributed by atoms with van der Waals surface area (Å²) < 4.78 is 0. The largest absolute Gasteiger partial charge is 0.507 e. The van der Waals surface area contributed by atoms with Crippen molar-refractivity contribution in [3.05, 3.63) is 124 Å². The summed E-state index contributed by atoms with van der Waals surface area (Å²) in [5.74, 6) is -2.24. The molecule has 0 aliphatic carbocycles. The summed E-state index contributed by atoms with van der Waals surface area (Å²) in [6.07, 6.45) is -0.0407. The molecule has 1 aromatic heterocycles. The van der Waals surface area contributed by atoms with Crippen molar-refractivity contribution in [2.75, 3.05) is 38.5 Å². The van der Waals surface area contributed by atoms with Gasteiger partial charge in [0.15, 0.2) is 0 Å². The minimum absolute atomic E-state index is 0. The molecule has 3 heterocycles. The van der Waals surface area contributed by atoms with E-state index in [4.69, 9.17) is 4.99 Å². The lowest BCUT2D eigenvalue weighted by Crippen LogP contribution is -2.47. The predicted molar refractivity (Wildman–Crippen MR) is 206 cm³/mol. The number of aromatic carboxylic acids is 2. The number of hydrogen-bond acceptors (Lipinski definition) is 9. The Morgan fingerprint density at radius 2 is 1.29 bits per heavy atom. The van der Waals surface area contributed by atoms with E-state index in [1.54, 1.807) is 59.9 Å². The standard InChI is InChI=1S/C23H16O6.C17H20N4S.H2O/c24-20-16(14-7-3-1-5-12(14)9-18(20)22(26)27)11-17-15-8-4-2-6-13(15)10-19(21(17)25)23(28)29;1-12-11-13-16(21-9-7-20(2)8-10-21)18-14-5-3-4-6-15(14)19-17(13)22-12;/h1-10,24-25H,11H2,(H,26,27)(H,28,29);3-6,11,19H,7-10H2,1-2H3;1H2. The van der Waals surface area contributed by atoms with Crippen LogP contribution in [0.3, 0.4) is 0 Å². The van der Waals surface area contributed by atoms with Gasteiger partial charge in [0.25, 0.3) is 0 Å². The number of hydrogen-bond donors (Lipinski definition) is 5. The minimum atomic E-state index is -1.28. The van der Waals surface area contributed by atoms with Crippen LogP contribution in [0.15, 0.2) is 96.0 Å². The number of aromatic hydroxyl groups is 2. The lowest BCUT2D eigenvalue weighted by molar-refractivity contribution is 0.0682. The molecule has 12 heteroatoms. The molecule has 2 aliphatic rings. The number of nitrogens with one attached hydrogen (secondary N) is 1. The molecule has 266 valence electrons. The molecule has 0 bridgehead atoms. The number of piperazine rings is 1. The Hall–Kier alpha value is -5.95. The van der Waals surface area contributed by atoms with Gasteiger partial charge in [0, 0.05) is 48.6 Å². The number of rotatable bonds is 4. The molecule has 5 aromatic carbocycles. The summed E-state index contributed by atoms with van der Waals surface area (Å²) in [6.45, 7) is 6.41. The number of phenols is 2. The maximum atomic E-state index is 11.6. The Kier molecular flexibility index (Phi) is 10.2. The highest BCUT2D eigenvalue weighted by atomic mass is 32.1. The first-order valence-corrected chi connectivity index (χ1v) is 17.3. The summed E-state index contributed by atoms with van der Waals surface area (Å²) in [6, 6.07) is 27.3. The Labute approximate surface area is 303 Å². The van der Waals surface area contributed by atoms with Crippen LogP contribution in [0.25, 0.3) is 21.5 Å². The third-order valence-corrected chi connectivity index (χ3v) is 10.3. The molecule has 8 rings (SSSR count). The molecule has 2 aliphatic heterocycles. The Bertz CT molecular complexity index is 2260. The highest BCUT2D eigenvalue weighted by molar-refractivity contribution is 7.16. The van der Waals surface area contributed by atoms with Crippen LogP contribution in [-0.2, 0) is 6.42 Å². The number of amidine groups is 1. The smallest absolute Gasteiger partial charge is 0.339 e. The van der Waals surface area contributed by atoms with E-state index in [2.05, 4.69) is 59.4 Å². The molecule has 0 spiro atoms. The number of likely N-dealkylation sites (N-methyl/N-ethyl adjacent to an activating group) is 1. The molecule has 52 heavy (non-hydrogen) atoms. The van der Waals surface area contributed by atoms with Crippen molar-refractivity contribution in [3.8, 4) is 11.5 Å². The first kappa shape index (κ1) is 35.9. The van der Waals surface area contributed by atoms with Gasteiger partial charge in [-0.1, -0.05) is 60.7 Å². The molecule has 1 saturated heterocycles. The summed E-state index contributed by atoms with van der Waals surface area (Å²) >= 11 is 1.81. The van der Waals surface area contributed by atoms with E-state index in [-0.39, 0.29) is 23.0 Å². The van der Waals surface area contributed by atoms with Crippen molar-refractivity contribution in [1.29, 1.82) is 0 Å². The molecule has 7 N–H and O–H groups in total. The Morgan fingerprint density at radius 1 is 0.769 bits per heavy atom. The lowest BCUT2D eigenvalue weighted by Gasteiger charge is -2.34. The second-order valence-corrected chi connectivity index (χ2v) is 14.0. The second kappa shape index (κ2) is 14.7. The van der Waals surface area contributed by atoms with Crippen LogP contribution in [0.1, 0.15) is 42.3 Å². The molecule has 0 radical (unpaired) electrons. The van der Waals surface area contributed by atoms with Gasteiger partial charge in [-0.15, -0.1) is 11.3 Å². The van der Waals surface area contributed by atoms with Crippen molar-refractivity contribution >= 4 is 67.0 Å². The fraction of sp³-hybridized carbons (Fsp3) is 0.175. The second-order valence-electron chi connectivity index (χ2n) is 12.7. The average molecular weight is 719 g/mol. The predicted octanol–water partition coefficient (Wildman–Crippen LogP) is 7.01. The number of carbonyl (C=O) groups is 2. The highest BCUT2D eigenvalue weighted by Crippen LogP contribution is 2.40. The number of para-hydroxylation sites is 2. The molecule has 6 aromatic rings. The number of benzene rings is 5. The van der Waals surface area contributed by atoms with Gasteiger partial charge in [0.05, 0.1) is 16.9 Å². The minimum Gasteiger partial charge on any atom is -0.507 e. The molecule has 11 nitrogen and oxygen atoms in total. The lowest BCUT2D eigenvalue weighted by atomic mass is 9.90. The quantitative estimate of drug-likeness (QED) is 0.128. The Morgan fingerprint density at radius 3 is 1.85 bits per heavy atom. The summed E-state index contributed by atoms with van der Waals surface area (Å²) in [5.41, 5.74) is 3.47. The number of aliphatic imine (C=N–C) groups is 1. The number of fused-ring (bicyclic) bond motifs is 4. The fourth-order valence-corrected chi connectivity index (χ4v) is 7.61.